The van der Waals surface area contributed by atoms with Gasteiger partial charge in [0.2, 0.25) is 0 Å². The topological polar surface area (TPSA) is 35.6 Å². The van der Waals surface area contributed by atoms with Crippen molar-refractivity contribution in [3.63, 3.8) is 0 Å². The second-order valence-electron chi connectivity index (χ2n) is 5.70. The van der Waals surface area contributed by atoms with E-state index in [0.717, 1.165) is 12.3 Å². The standard InChI is InChI=1S/C13H22F3N3O/c1-10(13(14,15)16)18-6-8-19(9-7-18)12(20)17-5-4-11-2-3-11/h10-11H,2-9H2,1H3,(H,17,20). The molecule has 2 fully saturated rings. The molecular weight excluding hydrogens is 271 g/mol. The molecule has 1 heterocycles. The molecule has 0 bridgehead atoms. The summed E-state index contributed by atoms with van der Waals surface area (Å²) in [5.41, 5.74) is 0. The molecule has 1 aliphatic carbocycles. The number of nitrogens with zero attached hydrogens (tertiary/aromatic N) is 2. The average Bonchev–Trinajstić information content (AvgIpc) is 3.21. The number of rotatable bonds is 4. The van der Waals surface area contributed by atoms with Crippen LogP contribution in [0.2, 0.25) is 0 Å². The Kier molecular flexibility index (Phi) is 4.78. The molecule has 0 radical (unpaired) electrons. The summed E-state index contributed by atoms with van der Waals surface area (Å²) < 4.78 is 37.8. The summed E-state index contributed by atoms with van der Waals surface area (Å²) in [5.74, 6) is 0.764. The zero-order chi connectivity index (χ0) is 14.8. The molecule has 1 aliphatic heterocycles. The molecule has 1 N–H and O–H groups in total. The maximum atomic E-state index is 12.6. The van der Waals surface area contributed by atoms with Crippen LogP contribution in [0.4, 0.5) is 18.0 Å². The van der Waals surface area contributed by atoms with Gasteiger partial charge in [0.1, 0.15) is 6.04 Å². The molecule has 0 aromatic heterocycles. The Labute approximate surface area is 117 Å². The van der Waals surface area contributed by atoms with Crippen LogP contribution in [-0.4, -0.2) is 60.8 Å². The van der Waals surface area contributed by atoms with Crippen LogP contribution in [-0.2, 0) is 0 Å². The van der Waals surface area contributed by atoms with Crippen molar-refractivity contribution in [2.24, 2.45) is 5.92 Å². The summed E-state index contributed by atoms with van der Waals surface area (Å²) in [4.78, 5) is 14.8. The SMILES string of the molecule is CC(N1CCN(C(=O)NCCC2CC2)CC1)C(F)(F)F. The summed E-state index contributed by atoms with van der Waals surface area (Å²) in [6.07, 6.45) is -0.681. The first-order valence-electron chi connectivity index (χ1n) is 7.21. The molecule has 1 saturated carbocycles. The van der Waals surface area contributed by atoms with Crippen molar-refractivity contribution in [1.82, 2.24) is 15.1 Å². The zero-order valence-electron chi connectivity index (χ0n) is 11.7. The minimum atomic E-state index is -4.20. The van der Waals surface area contributed by atoms with Crippen LogP contribution in [0.25, 0.3) is 0 Å². The van der Waals surface area contributed by atoms with Gasteiger partial charge in [0.05, 0.1) is 0 Å². The Balaban J connectivity index is 1.68. The van der Waals surface area contributed by atoms with E-state index in [0.29, 0.717) is 19.6 Å². The third-order valence-electron chi connectivity index (χ3n) is 4.15. The number of alkyl halides is 3. The Morgan fingerprint density at radius 1 is 1.25 bits per heavy atom. The van der Waals surface area contributed by atoms with Crippen LogP contribution < -0.4 is 5.32 Å². The van der Waals surface area contributed by atoms with Gasteiger partial charge in [-0.05, 0) is 19.3 Å². The second kappa shape index (κ2) is 6.20. The van der Waals surface area contributed by atoms with Crippen molar-refractivity contribution in [2.75, 3.05) is 32.7 Å². The Morgan fingerprint density at radius 2 is 1.85 bits per heavy atom. The molecule has 116 valence electrons. The largest absolute Gasteiger partial charge is 0.403 e. The second-order valence-corrected chi connectivity index (χ2v) is 5.70. The third kappa shape index (κ3) is 4.26. The van der Waals surface area contributed by atoms with Gasteiger partial charge in [-0.1, -0.05) is 12.8 Å². The predicted molar refractivity (Wildman–Crippen MR) is 69.4 cm³/mol. The van der Waals surface area contributed by atoms with E-state index in [1.807, 2.05) is 0 Å². The molecule has 1 saturated heterocycles. The van der Waals surface area contributed by atoms with Gasteiger partial charge in [-0.3, -0.25) is 4.90 Å². The van der Waals surface area contributed by atoms with Crippen LogP contribution in [0.3, 0.4) is 0 Å². The first kappa shape index (κ1) is 15.4. The molecule has 2 amide bonds. The van der Waals surface area contributed by atoms with Gasteiger partial charge in [0, 0.05) is 32.7 Å². The maximum Gasteiger partial charge on any atom is 0.403 e. The summed E-state index contributed by atoms with van der Waals surface area (Å²) in [5, 5.41) is 2.84. The highest BCUT2D eigenvalue weighted by molar-refractivity contribution is 5.74. The number of carbonyl (C=O) groups is 1. The highest BCUT2D eigenvalue weighted by Crippen LogP contribution is 2.31. The monoisotopic (exact) mass is 293 g/mol. The number of urea groups is 1. The van der Waals surface area contributed by atoms with E-state index in [-0.39, 0.29) is 19.1 Å². The van der Waals surface area contributed by atoms with Crippen LogP contribution >= 0.6 is 0 Å². The van der Waals surface area contributed by atoms with E-state index >= 15 is 0 Å². The number of nitrogens with one attached hydrogen (secondary N) is 1. The first-order chi connectivity index (χ1) is 9.38. The lowest BCUT2D eigenvalue weighted by molar-refractivity contribution is -0.181. The minimum Gasteiger partial charge on any atom is -0.338 e. The van der Waals surface area contributed by atoms with E-state index < -0.39 is 12.2 Å². The zero-order valence-corrected chi connectivity index (χ0v) is 11.7. The van der Waals surface area contributed by atoms with Crippen molar-refractivity contribution in [3.8, 4) is 0 Å². The molecule has 0 aromatic rings. The summed E-state index contributed by atoms with van der Waals surface area (Å²) in [6.45, 7) is 3.10. The molecule has 20 heavy (non-hydrogen) atoms. The van der Waals surface area contributed by atoms with E-state index in [4.69, 9.17) is 0 Å². The molecule has 0 aromatic carbocycles. The lowest BCUT2D eigenvalue weighted by atomic mass is 10.2. The molecule has 1 atom stereocenters. The van der Waals surface area contributed by atoms with Gasteiger partial charge in [0.15, 0.2) is 0 Å². The highest BCUT2D eigenvalue weighted by atomic mass is 19.4. The Bertz CT molecular complexity index is 336. The van der Waals surface area contributed by atoms with E-state index in [9.17, 15) is 18.0 Å². The first-order valence-corrected chi connectivity index (χ1v) is 7.21. The van der Waals surface area contributed by atoms with Gasteiger partial charge in [-0.25, -0.2) is 4.79 Å². The average molecular weight is 293 g/mol. The lowest BCUT2D eigenvalue weighted by Gasteiger charge is -2.38. The number of piperazine rings is 1. The van der Waals surface area contributed by atoms with Crippen LogP contribution in [0, 0.1) is 5.92 Å². The van der Waals surface area contributed by atoms with Crippen LogP contribution in [0.1, 0.15) is 26.2 Å². The van der Waals surface area contributed by atoms with E-state index in [1.54, 1.807) is 4.90 Å². The van der Waals surface area contributed by atoms with Gasteiger partial charge in [-0.15, -0.1) is 0 Å². The third-order valence-corrected chi connectivity index (χ3v) is 4.15. The fraction of sp³-hybridized carbons (Fsp3) is 0.923. The maximum absolute atomic E-state index is 12.6. The highest BCUT2D eigenvalue weighted by Gasteiger charge is 2.41. The molecular formula is C13H22F3N3O. The van der Waals surface area contributed by atoms with Crippen molar-refractivity contribution in [3.05, 3.63) is 0 Å². The van der Waals surface area contributed by atoms with Crippen molar-refractivity contribution < 1.29 is 18.0 Å². The summed E-state index contributed by atoms with van der Waals surface area (Å²) in [7, 11) is 0. The predicted octanol–water partition coefficient (Wildman–Crippen LogP) is 2.06. The summed E-state index contributed by atoms with van der Waals surface area (Å²) >= 11 is 0. The van der Waals surface area contributed by atoms with E-state index in [1.165, 1.54) is 24.7 Å². The number of hydrogen-bond acceptors (Lipinski definition) is 2. The van der Waals surface area contributed by atoms with E-state index in [2.05, 4.69) is 5.32 Å². The van der Waals surface area contributed by atoms with Crippen LogP contribution in [0.5, 0.6) is 0 Å². The fourth-order valence-corrected chi connectivity index (χ4v) is 2.42. The lowest BCUT2D eigenvalue weighted by Crippen LogP contribution is -2.56. The Morgan fingerprint density at radius 3 is 2.35 bits per heavy atom. The van der Waals surface area contributed by atoms with Gasteiger partial charge < -0.3 is 10.2 Å². The molecule has 7 heteroatoms. The molecule has 0 spiro atoms. The number of carbonyl (C=O) groups excluding carboxylic acids is 1. The Hall–Kier alpha value is -0.980. The number of halogens is 3. The van der Waals surface area contributed by atoms with Crippen LogP contribution in [0.15, 0.2) is 0 Å². The molecule has 2 rings (SSSR count). The van der Waals surface area contributed by atoms with Gasteiger partial charge in [0.25, 0.3) is 0 Å². The molecule has 1 unspecified atom stereocenters. The van der Waals surface area contributed by atoms with Crippen molar-refractivity contribution in [1.29, 1.82) is 0 Å². The molecule has 2 aliphatic rings. The smallest absolute Gasteiger partial charge is 0.338 e. The minimum absolute atomic E-state index is 0.148. The van der Waals surface area contributed by atoms with Gasteiger partial charge in [-0.2, -0.15) is 13.2 Å². The summed E-state index contributed by atoms with van der Waals surface area (Å²) in [6, 6.07) is -1.59. The van der Waals surface area contributed by atoms with Gasteiger partial charge >= 0.3 is 12.2 Å². The quantitative estimate of drug-likeness (QED) is 0.861. The number of hydrogen-bond donors (Lipinski definition) is 1. The van der Waals surface area contributed by atoms with Crippen molar-refractivity contribution >= 4 is 6.03 Å². The number of amides is 2. The van der Waals surface area contributed by atoms with Crippen molar-refractivity contribution in [2.45, 2.75) is 38.4 Å². The fourth-order valence-electron chi connectivity index (χ4n) is 2.42. The molecule has 4 nitrogen and oxygen atoms in total. The normalized spacial score (nSPS) is 22.7.